The smallest absolute Gasteiger partial charge is 0.408 e. The van der Waals surface area contributed by atoms with E-state index in [-0.39, 0.29) is 58.9 Å². The third-order valence-electron chi connectivity index (χ3n) is 13.7. The molecular weight excluding hydrogens is 1030 g/mol. The first-order valence-corrected chi connectivity index (χ1v) is 29.0. The molecule has 22 heteroatoms. The van der Waals surface area contributed by atoms with Gasteiger partial charge in [0.15, 0.2) is 11.9 Å². The van der Waals surface area contributed by atoms with E-state index in [0.29, 0.717) is 83.5 Å². The fourth-order valence-electron chi connectivity index (χ4n) is 8.10. The Kier molecular flexibility index (Phi) is 31.2. The van der Waals surface area contributed by atoms with Gasteiger partial charge in [-0.15, -0.1) is 11.3 Å². The summed E-state index contributed by atoms with van der Waals surface area (Å²) in [5.74, 6) is -2.26. The lowest BCUT2D eigenvalue weighted by molar-refractivity contribution is -0.142. The molecule has 1 aromatic heterocycles. The van der Waals surface area contributed by atoms with Crippen LogP contribution in [0.3, 0.4) is 0 Å². The molecule has 0 saturated heterocycles. The molecule has 2 rings (SSSR count). The van der Waals surface area contributed by atoms with Crippen LogP contribution in [0.2, 0.25) is 0 Å². The lowest BCUT2D eigenvalue weighted by atomic mass is 9.92. The number of ketones is 1. The molecule has 1 aromatic carbocycles. The Bertz CT molecular complexity index is 2160. The molecule has 8 atom stereocenters. The minimum absolute atomic E-state index is 0.00688. The summed E-state index contributed by atoms with van der Waals surface area (Å²) in [4.78, 5) is 115. The number of methoxy groups -OCH3 is 1. The molecule has 0 bridgehead atoms. The zero-order valence-corrected chi connectivity index (χ0v) is 49.7. The number of rotatable bonds is 38. The maximum atomic E-state index is 14.6. The van der Waals surface area contributed by atoms with E-state index in [9.17, 15) is 38.4 Å². The zero-order valence-electron chi connectivity index (χ0n) is 48.1. The van der Waals surface area contributed by atoms with Crippen LogP contribution in [0.4, 0.5) is 4.79 Å². The number of nitrogens with zero attached hydrogens (tertiary/aromatic N) is 3. The third-order valence-corrected chi connectivity index (χ3v) is 15.2. The second-order valence-electron chi connectivity index (χ2n) is 20.8. The Balaban J connectivity index is 2.51. The molecule has 0 fully saturated rings. The first kappa shape index (κ1) is 67.9. The van der Waals surface area contributed by atoms with Crippen molar-refractivity contribution < 1.29 is 57.3 Å². The Morgan fingerprint density at radius 3 is 2.18 bits per heavy atom. The Hall–Kier alpha value is -5.16. The van der Waals surface area contributed by atoms with Crippen LogP contribution in [-0.4, -0.2) is 171 Å². The second-order valence-corrected chi connectivity index (χ2v) is 22.5. The van der Waals surface area contributed by atoms with Crippen molar-refractivity contribution in [2.75, 3.05) is 66.6 Å². The van der Waals surface area contributed by atoms with Gasteiger partial charge in [-0.25, -0.2) is 9.78 Å². The highest BCUT2D eigenvalue weighted by atomic mass is 32.2. The van der Waals surface area contributed by atoms with Gasteiger partial charge in [-0.2, -0.15) is 11.8 Å². The molecule has 6 amide bonds. The van der Waals surface area contributed by atoms with Gasteiger partial charge in [-0.1, -0.05) is 63.9 Å². The molecule has 434 valence electrons. The van der Waals surface area contributed by atoms with Crippen LogP contribution >= 0.6 is 23.1 Å². The zero-order chi connectivity index (χ0) is 57.8. The molecule has 5 N–H and O–H groups in total. The van der Waals surface area contributed by atoms with Gasteiger partial charge in [0, 0.05) is 64.0 Å². The summed E-state index contributed by atoms with van der Waals surface area (Å²) in [7, 11) is 6.79. The SMILES string of the molecule is CCC(C)[C@H](NC(=O)C(C)(C)N(C)C)C(=O)N(C)[C@H](C[C@@H](OC(=O)NC(C)C(=O)NC(CCCCNC(=O)CSC)C(=O)CCCOCCOC)c1nc(C(=O)N[C@@H](Cc2ccc(C)cc2)CC(C)OC=O)cs1)C(C)C. The molecular formula is C55H90N8O12S2. The summed E-state index contributed by atoms with van der Waals surface area (Å²) in [5.41, 5.74) is 1.15. The highest BCUT2D eigenvalue weighted by molar-refractivity contribution is 7.99. The molecule has 0 aliphatic heterocycles. The van der Waals surface area contributed by atoms with Crippen LogP contribution in [0.1, 0.15) is 139 Å². The highest BCUT2D eigenvalue weighted by Gasteiger charge is 2.39. The van der Waals surface area contributed by atoms with Gasteiger partial charge < -0.3 is 50.4 Å². The minimum Gasteiger partial charge on any atom is -0.465 e. The maximum Gasteiger partial charge on any atom is 0.408 e. The number of nitrogens with one attached hydrogen (secondary N) is 5. The fourth-order valence-corrected chi connectivity index (χ4v) is 9.31. The number of Topliss-reactive ketones (excluding diaryl/α,β-unsaturated/α-hetero) is 1. The topological polar surface area (TPSA) is 253 Å². The number of amides is 6. The Morgan fingerprint density at radius 2 is 1.57 bits per heavy atom. The largest absolute Gasteiger partial charge is 0.465 e. The summed E-state index contributed by atoms with van der Waals surface area (Å²) in [6, 6.07) is 3.85. The van der Waals surface area contributed by atoms with Crippen molar-refractivity contribution in [1.29, 1.82) is 0 Å². The number of thiazole rings is 1. The van der Waals surface area contributed by atoms with Crippen molar-refractivity contribution in [1.82, 2.24) is 41.4 Å². The lowest BCUT2D eigenvalue weighted by Gasteiger charge is -2.38. The molecule has 77 heavy (non-hydrogen) atoms. The minimum atomic E-state index is -1.19. The third kappa shape index (κ3) is 24.2. The number of aromatic nitrogens is 1. The number of hydrogen-bond acceptors (Lipinski definition) is 16. The first-order chi connectivity index (χ1) is 36.4. The molecule has 0 aliphatic carbocycles. The molecule has 0 radical (unpaired) electrons. The quantitative estimate of drug-likeness (QED) is 0.0394. The van der Waals surface area contributed by atoms with E-state index >= 15 is 0 Å². The molecule has 4 unspecified atom stereocenters. The van der Waals surface area contributed by atoms with E-state index in [1.165, 1.54) is 18.7 Å². The van der Waals surface area contributed by atoms with E-state index in [1.807, 2.05) is 65.1 Å². The van der Waals surface area contributed by atoms with Gasteiger partial charge in [0.25, 0.3) is 12.4 Å². The average Bonchev–Trinajstić information content (AvgIpc) is 3.88. The van der Waals surface area contributed by atoms with Crippen molar-refractivity contribution >= 4 is 71.0 Å². The van der Waals surface area contributed by atoms with Crippen molar-refractivity contribution in [3.8, 4) is 0 Å². The first-order valence-electron chi connectivity index (χ1n) is 26.7. The number of alkyl carbamates (subject to hydrolysis) is 1. The summed E-state index contributed by atoms with van der Waals surface area (Å²) in [6.45, 7) is 18.3. The van der Waals surface area contributed by atoms with Crippen LogP contribution in [-0.2, 0) is 54.1 Å². The number of benzene rings is 1. The number of thioether (sulfide) groups is 1. The van der Waals surface area contributed by atoms with Gasteiger partial charge in [0.2, 0.25) is 23.6 Å². The van der Waals surface area contributed by atoms with Crippen LogP contribution in [0.5, 0.6) is 0 Å². The number of carbonyl (C=O) groups excluding carboxylic acids is 8. The maximum absolute atomic E-state index is 14.6. The van der Waals surface area contributed by atoms with Crippen molar-refractivity contribution in [3.63, 3.8) is 0 Å². The van der Waals surface area contributed by atoms with Crippen molar-refractivity contribution in [2.24, 2.45) is 11.8 Å². The molecule has 0 spiro atoms. The molecule has 0 aliphatic rings. The fraction of sp³-hybridized carbons (Fsp3) is 0.691. The highest BCUT2D eigenvalue weighted by Crippen LogP contribution is 2.31. The number of hydrogen-bond donors (Lipinski definition) is 5. The van der Waals surface area contributed by atoms with Crippen molar-refractivity contribution in [2.45, 2.75) is 168 Å². The molecule has 20 nitrogen and oxygen atoms in total. The number of likely N-dealkylation sites (N-methyl/N-ethyl adjacent to an activating group) is 2. The Morgan fingerprint density at radius 1 is 0.883 bits per heavy atom. The van der Waals surface area contributed by atoms with E-state index in [2.05, 4.69) is 26.6 Å². The lowest BCUT2D eigenvalue weighted by Crippen LogP contribution is -2.60. The normalized spacial score (nSPS) is 14.7. The van der Waals surface area contributed by atoms with Gasteiger partial charge in [-0.05, 0) is 104 Å². The molecule has 2 aromatic rings. The van der Waals surface area contributed by atoms with Gasteiger partial charge in [0.05, 0.1) is 30.5 Å². The summed E-state index contributed by atoms with van der Waals surface area (Å²) < 4.78 is 21.9. The van der Waals surface area contributed by atoms with Gasteiger partial charge in [-0.3, -0.25) is 38.5 Å². The van der Waals surface area contributed by atoms with Crippen LogP contribution in [0.25, 0.3) is 0 Å². The van der Waals surface area contributed by atoms with Gasteiger partial charge >= 0.3 is 6.09 Å². The van der Waals surface area contributed by atoms with Crippen molar-refractivity contribution in [3.05, 3.63) is 51.5 Å². The second kappa shape index (κ2) is 35.4. The number of carbonyl (C=O) groups is 8. The summed E-state index contributed by atoms with van der Waals surface area (Å²) >= 11 is 2.49. The average molecular weight is 1120 g/mol. The van der Waals surface area contributed by atoms with E-state index in [4.69, 9.17) is 23.9 Å². The van der Waals surface area contributed by atoms with E-state index in [0.717, 1.165) is 22.5 Å². The predicted molar refractivity (Wildman–Crippen MR) is 301 cm³/mol. The van der Waals surface area contributed by atoms with Gasteiger partial charge in [0.1, 0.15) is 28.9 Å². The molecule has 1 heterocycles. The summed E-state index contributed by atoms with van der Waals surface area (Å²) in [5, 5.41) is 16.1. The number of unbranched alkanes of at least 4 members (excludes halogenated alkanes) is 1. The van der Waals surface area contributed by atoms with Crippen LogP contribution in [0.15, 0.2) is 29.6 Å². The standard InChI is InChI=1S/C55H90N8O12S2/c1-15-37(5)48(61-53(70)55(8,9)62(10)11)52(69)63(12)44(35(2)3)31-46(51-60-43(32-77-51)50(68)58-41(29-38(6)74-34-64)30-40-23-21-36(4)22-24-40)75-54(71)57-39(7)49(67)59-42(19-16-17-25-56-47(66)33-76-14)45(65)20-18-26-73-28-27-72-13/h21-24,32,34-35,37-39,41-42,44,46,48H,15-20,25-31,33H2,1-14H3,(H,56,66)(H,57,71)(H,58,68)(H,59,67)(H,61,70)/t37?,38?,39?,41-,42?,44-,46-,48+/m1/s1. The van der Waals surface area contributed by atoms with Crippen LogP contribution < -0.4 is 26.6 Å². The van der Waals surface area contributed by atoms with E-state index < -0.39 is 65.9 Å². The Labute approximate surface area is 465 Å². The van der Waals surface area contributed by atoms with E-state index in [1.54, 1.807) is 64.2 Å². The van der Waals surface area contributed by atoms with Crippen LogP contribution in [0, 0.1) is 18.8 Å². The summed E-state index contributed by atoms with van der Waals surface area (Å²) in [6.07, 6.45) is 2.46. The molecule has 0 saturated carbocycles. The predicted octanol–water partition coefficient (Wildman–Crippen LogP) is 5.79. The monoisotopic (exact) mass is 1120 g/mol. The number of ether oxygens (including phenoxy) is 4. The number of aryl methyl sites for hydroxylation is 1.